The standard InChI is InChI=1S/C20H25ClN4O3/c1-4-28-20(27)24-11-9-16(10-12-24)22-19(26)15-5-7-17(8-6-15)25-14(3)18(21)13(2)23-25/h5-8,16H,4,9-12H2,1-3H3,(H,22,26). The molecule has 1 aliphatic rings. The summed E-state index contributed by atoms with van der Waals surface area (Å²) >= 11 is 6.21. The third-order valence-electron chi connectivity index (χ3n) is 4.93. The minimum absolute atomic E-state index is 0.0488. The smallest absolute Gasteiger partial charge is 0.409 e. The molecule has 1 fully saturated rings. The van der Waals surface area contributed by atoms with E-state index < -0.39 is 0 Å². The zero-order valence-corrected chi connectivity index (χ0v) is 17.1. The molecule has 1 N–H and O–H groups in total. The zero-order valence-electron chi connectivity index (χ0n) is 16.4. The molecule has 0 bridgehead atoms. The normalized spacial score (nSPS) is 14.8. The summed E-state index contributed by atoms with van der Waals surface area (Å²) in [5.41, 5.74) is 3.08. The van der Waals surface area contributed by atoms with E-state index >= 15 is 0 Å². The Hall–Kier alpha value is -2.54. The van der Waals surface area contributed by atoms with Crippen LogP contribution in [-0.2, 0) is 4.74 Å². The number of likely N-dealkylation sites (tertiary alicyclic amines) is 1. The molecule has 2 amide bonds. The first-order chi connectivity index (χ1) is 13.4. The van der Waals surface area contributed by atoms with E-state index in [-0.39, 0.29) is 18.0 Å². The fourth-order valence-electron chi connectivity index (χ4n) is 3.32. The molecule has 0 radical (unpaired) electrons. The third-order valence-corrected chi connectivity index (χ3v) is 5.48. The van der Waals surface area contributed by atoms with Gasteiger partial charge in [-0.3, -0.25) is 4.79 Å². The highest BCUT2D eigenvalue weighted by Gasteiger charge is 2.24. The monoisotopic (exact) mass is 404 g/mol. The van der Waals surface area contributed by atoms with Crippen molar-refractivity contribution >= 4 is 23.6 Å². The number of ether oxygens (including phenoxy) is 1. The fourth-order valence-corrected chi connectivity index (χ4v) is 3.44. The Kier molecular flexibility index (Phi) is 6.24. The summed E-state index contributed by atoms with van der Waals surface area (Å²) in [6, 6.07) is 7.32. The van der Waals surface area contributed by atoms with Crippen molar-refractivity contribution in [1.29, 1.82) is 0 Å². The number of hydrogen-bond acceptors (Lipinski definition) is 4. The summed E-state index contributed by atoms with van der Waals surface area (Å²) in [6.07, 6.45) is 1.15. The Bertz CT molecular complexity index is 855. The molecular formula is C20H25ClN4O3. The SMILES string of the molecule is CCOC(=O)N1CCC(NC(=O)c2ccc(-n3nc(C)c(Cl)c3C)cc2)CC1. The molecule has 0 spiro atoms. The van der Waals surface area contributed by atoms with E-state index in [1.165, 1.54) is 0 Å². The van der Waals surface area contributed by atoms with Crippen LogP contribution in [0.4, 0.5) is 4.79 Å². The number of nitrogens with zero attached hydrogens (tertiary/aromatic N) is 3. The van der Waals surface area contributed by atoms with Crippen LogP contribution in [0.2, 0.25) is 5.02 Å². The van der Waals surface area contributed by atoms with Crippen LogP contribution >= 0.6 is 11.6 Å². The lowest BCUT2D eigenvalue weighted by atomic mass is 10.0. The van der Waals surface area contributed by atoms with Gasteiger partial charge in [0, 0.05) is 24.7 Å². The number of hydrogen-bond donors (Lipinski definition) is 1. The van der Waals surface area contributed by atoms with Crippen molar-refractivity contribution in [3.8, 4) is 5.69 Å². The number of carbonyl (C=O) groups excluding carboxylic acids is 2. The first kappa shape index (κ1) is 20.2. The van der Waals surface area contributed by atoms with E-state index in [2.05, 4.69) is 10.4 Å². The van der Waals surface area contributed by atoms with Gasteiger partial charge in [-0.05, 0) is 57.9 Å². The van der Waals surface area contributed by atoms with Gasteiger partial charge in [0.2, 0.25) is 0 Å². The molecule has 1 saturated heterocycles. The van der Waals surface area contributed by atoms with Crippen LogP contribution in [-0.4, -0.2) is 52.4 Å². The van der Waals surface area contributed by atoms with Gasteiger partial charge < -0.3 is 15.0 Å². The average molecular weight is 405 g/mol. The number of halogens is 1. The summed E-state index contributed by atoms with van der Waals surface area (Å²) in [4.78, 5) is 26.0. The summed E-state index contributed by atoms with van der Waals surface area (Å²) < 4.78 is 6.78. The molecule has 0 unspecified atom stereocenters. The second-order valence-electron chi connectivity index (χ2n) is 6.88. The highest BCUT2D eigenvalue weighted by Crippen LogP contribution is 2.22. The molecule has 3 rings (SSSR count). The van der Waals surface area contributed by atoms with Crippen LogP contribution in [0.25, 0.3) is 5.69 Å². The topological polar surface area (TPSA) is 76.5 Å². The quantitative estimate of drug-likeness (QED) is 0.846. The Morgan fingerprint density at radius 2 is 1.86 bits per heavy atom. The number of nitrogens with one attached hydrogen (secondary N) is 1. The van der Waals surface area contributed by atoms with Gasteiger partial charge in [-0.1, -0.05) is 11.6 Å². The van der Waals surface area contributed by atoms with Crippen LogP contribution in [0.3, 0.4) is 0 Å². The highest BCUT2D eigenvalue weighted by atomic mass is 35.5. The van der Waals surface area contributed by atoms with Gasteiger partial charge in [0.1, 0.15) is 0 Å². The lowest BCUT2D eigenvalue weighted by molar-refractivity contribution is 0.0860. The second kappa shape index (κ2) is 8.65. The van der Waals surface area contributed by atoms with Crippen LogP contribution < -0.4 is 5.32 Å². The van der Waals surface area contributed by atoms with Crippen LogP contribution in [0.1, 0.15) is 41.5 Å². The number of amides is 2. The Morgan fingerprint density at radius 3 is 2.39 bits per heavy atom. The number of aryl methyl sites for hydroxylation is 1. The van der Waals surface area contributed by atoms with E-state index in [1.807, 2.05) is 26.0 Å². The molecule has 1 aromatic carbocycles. The summed E-state index contributed by atoms with van der Waals surface area (Å²) in [5.74, 6) is -0.118. The van der Waals surface area contributed by atoms with Gasteiger partial charge in [0.25, 0.3) is 5.91 Å². The average Bonchev–Trinajstić information content (AvgIpc) is 2.96. The van der Waals surface area contributed by atoms with Crippen LogP contribution in [0, 0.1) is 13.8 Å². The van der Waals surface area contributed by atoms with E-state index in [4.69, 9.17) is 16.3 Å². The van der Waals surface area contributed by atoms with Gasteiger partial charge in [-0.25, -0.2) is 9.48 Å². The molecule has 7 nitrogen and oxygen atoms in total. The molecule has 0 aliphatic carbocycles. The third kappa shape index (κ3) is 4.30. The van der Waals surface area contributed by atoms with Crippen molar-refractivity contribution in [1.82, 2.24) is 20.0 Å². The molecule has 150 valence electrons. The Balaban J connectivity index is 1.58. The van der Waals surface area contributed by atoms with E-state index in [0.29, 0.717) is 43.1 Å². The second-order valence-corrected chi connectivity index (χ2v) is 7.26. The van der Waals surface area contributed by atoms with Gasteiger partial charge in [-0.2, -0.15) is 5.10 Å². The lowest BCUT2D eigenvalue weighted by Crippen LogP contribution is -2.46. The van der Waals surface area contributed by atoms with Gasteiger partial charge in [0.15, 0.2) is 0 Å². The van der Waals surface area contributed by atoms with E-state index in [0.717, 1.165) is 17.1 Å². The van der Waals surface area contributed by atoms with Crippen LogP contribution in [0.15, 0.2) is 24.3 Å². The minimum atomic E-state index is -0.285. The maximum Gasteiger partial charge on any atom is 0.409 e. The number of aromatic nitrogens is 2. The first-order valence-corrected chi connectivity index (χ1v) is 9.83. The number of piperidine rings is 1. The van der Waals surface area contributed by atoms with Crippen molar-refractivity contribution in [2.45, 2.75) is 39.7 Å². The predicted octanol–water partition coefficient (Wildman–Crippen LogP) is 3.49. The maximum absolute atomic E-state index is 12.5. The molecule has 2 heterocycles. The zero-order chi connectivity index (χ0) is 20.3. The van der Waals surface area contributed by atoms with Crippen LogP contribution in [0.5, 0.6) is 0 Å². The summed E-state index contributed by atoms with van der Waals surface area (Å²) in [6.45, 7) is 7.10. The molecule has 0 saturated carbocycles. The fraction of sp³-hybridized carbons (Fsp3) is 0.450. The largest absolute Gasteiger partial charge is 0.450 e. The minimum Gasteiger partial charge on any atom is -0.450 e. The highest BCUT2D eigenvalue weighted by molar-refractivity contribution is 6.31. The van der Waals surface area contributed by atoms with E-state index in [9.17, 15) is 9.59 Å². The van der Waals surface area contributed by atoms with Crippen molar-refractivity contribution in [2.24, 2.45) is 0 Å². The number of carbonyl (C=O) groups is 2. The van der Waals surface area contributed by atoms with E-state index in [1.54, 1.807) is 28.6 Å². The molecule has 2 aromatic rings. The lowest BCUT2D eigenvalue weighted by Gasteiger charge is -2.31. The number of benzene rings is 1. The first-order valence-electron chi connectivity index (χ1n) is 9.45. The number of rotatable bonds is 4. The summed E-state index contributed by atoms with van der Waals surface area (Å²) in [5, 5.41) is 8.12. The van der Waals surface area contributed by atoms with Crippen molar-refractivity contribution in [3.05, 3.63) is 46.2 Å². The molecule has 1 aliphatic heterocycles. The van der Waals surface area contributed by atoms with Crippen molar-refractivity contribution < 1.29 is 14.3 Å². The Labute approximate surface area is 169 Å². The van der Waals surface area contributed by atoms with Crippen molar-refractivity contribution in [3.63, 3.8) is 0 Å². The Morgan fingerprint density at radius 1 is 1.21 bits per heavy atom. The maximum atomic E-state index is 12.5. The summed E-state index contributed by atoms with van der Waals surface area (Å²) in [7, 11) is 0. The molecule has 1 aromatic heterocycles. The molecule has 28 heavy (non-hydrogen) atoms. The van der Waals surface area contributed by atoms with Crippen molar-refractivity contribution in [2.75, 3.05) is 19.7 Å². The predicted molar refractivity (Wildman–Crippen MR) is 107 cm³/mol. The van der Waals surface area contributed by atoms with Gasteiger partial charge >= 0.3 is 6.09 Å². The molecular weight excluding hydrogens is 380 g/mol. The van der Waals surface area contributed by atoms with Gasteiger partial charge in [-0.15, -0.1) is 0 Å². The van der Waals surface area contributed by atoms with Gasteiger partial charge in [0.05, 0.1) is 28.7 Å². The molecule has 0 atom stereocenters. The molecule has 8 heteroatoms.